The Kier molecular flexibility index (Phi) is 3.57. The molecule has 0 bridgehead atoms. The van der Waals surface area contributed by atoms with Gasteiger partial charge in [0.1, 0.15) is 0 Å². The molecule has 1 heterocycles. The summed E-state index contributed by atoms with van der Waals surface area (Å²) >= 11 is 0. The van der Waals surface area contributed by atoms with Crippen LogP contribution in [0.5, 0.6) is 0 Å². The fourth-order valence-corrected chi connectivity index (χ4v) is 1.81. The van der Waals surface area contributed by atoms with Crippen LogP contribution in [-0.2, 0) is 0 Å². The number of hydrogen-bond donors (Lipinski definition) is 2. The Bertz CT molecular complexity index is 552. The van der Waals surface area contributed by atoms with Crippen LogP contribution in [0.15, 0.2) is 42.7 Å². The number of rotatable bonds is 4. The topological polar surface area (TPSA) is 68.0 Å². The number of nitrogens with one attached hydrogen (secondary N) is 1. The molecule has 4 nitrogen and oxygen atoms in total. The maximum absolute atomic E-state index is 11.3. The minimum atomic E-state index is -0.427. The molecule has 0 fully saturated rings. The lowest BCUT2D eigenvalue weighted by Gasteiger charge is -2.10. The van der Waals surface area contributed by atoms with E-state index < -0.39 is 5.91 Å². The molecule has 0 unspecified atom stereocenters. The Morgan fingerprint density at radius 1 is 1.33 bits per heavy atom. The van der Waals surface area contributed by atoms with Crippen molar-refractivity contribution in [2.45, 2.75) is 6.92 Å². The first-order valence-corrected chi connectivity index (χ1v) is 5.80. The molecule has 2 rings (SSSR count). The SMILES string of the molecule is CCNc1cc(-c2cccnc2)ccc1C(N)=O. The van der Waals surface area contributed by atoms with Crippen molar-refractivity contribution in [3.8, 4) is 11.1 Å². The summed E-state index contributed by atoms with van der Waals surface area (Å²) in [5.41, 5.74) is 8.61. The number of carbonyl (C=O) groups is 1. The van der Waals surface area contributed by atoms with Crippen LogP contribution >= 0.6 is 0 Å². The molecular weight excluding hydrogens is 226 g/mol. The van der Waals surface area contributed by atoms with Crippen molar-refractivity contribution in [3.05, 3.63) is 48.3 Å². The van der Waals surface area contributed by atoms with Crippen molar-refractivity contribution in [3.63, 3.8) is 0 Å². The molecule has 0 aliphatic rings. The van der Waals surface area contributed by atoms with Gasteiger partial charge in [0.15, 0.2) is 0 Å². The molecule has 0 saturated carbocycles. The van der Waals surface area contributed by atoms with Gasteiger partial charge in [0, 0.05) is 30.2 Å². The first-order valence-electron chi connectivity index (χ1n) is 5.80. The lowest BCUT2D eigenvalue weighted by atomic mass is 10.0. The fourth-order valence-electron chi connectivity index (χ4n) is 1.81. The van der Waals surface area contributed by atoms with Crippen LogP contribution in [0.4, 0.5) is 5.69 Å². The summed E-state index contributed by atoms with van der Waals surface area (Å²) in [6, 6.07) is 9.38. The lowest BCUT2D eigenvalue weighted by molar-refractivity contribution is 0.100. The summed E-state index contributed by atoms with van der Waals surface area (Å²) in [5.74, 6) is -0.427. The molecule has 0 spiro atoms. The minimum Gasteiger partial charge on any atom is -0.385 e. The zero-order valence-corrected chi connectivity index (χ0v) is 10.2. The standard InChI is InChI=1S/C14H15N3O/c1-2-17-13-8-10(5-6-12(13)14(15)18)11-4-3-7-16-9-11/h3-9,17H,2H2,1H3,(H2,15,18). The number of pyridine rings is 1. The van der Waals surface area contributed by atoms with E-state index in [0.717, 1.165) is 23.4 Å². The smallest absolute Gasteiger partial charge is 0.250 e. The van der Waals surface area contributed by atoms with Crippen LogP contribution in [0, 0.1) is 0 Å². The van der Waals surface area contributed by atoms with E-state index in [1.807, 2.05) is 31.2 Å². The highest BCUT2D eigenvalue weighted by Crippen LogP contribution is 2.24. The van der Waals surface area contributed by atoms with E-state index >= 15 is 0 Å². The maximum atomic E-state index is 11.3. The van der Waals surface area contributed by atoms with Gasteiger partial charge in [0.05, 0.1) is 5.56 Å². The van der Waals surface area contributed by atoms with Crippen molar-refractivity contribution in [1.29, 1.82) is 0 Å². The Morgan fingerprint density at radius 3 is 2.78 bits per heavy atom. The van der Waals surface area contributed by atoms with Gasteiger partial charge in [-0.2, -0.15) is 0 Å². The quantitative estimate of drug-likeness (QED) is 0.862. The Balaban J connectivity index is 2.46. The number of anilines is 1. The van der Waals surface area contributed by atoms with Crippen LogP contribution in [0.1, 0.15) is 17.3 Å². The van der Waals surface area contributed by atoms with Crippen molar-refractivity contribution in [2.24, 2.45) is 5.73 Å². The fraction of sp³-hybridized carbons (Fsp3) is 0.143. The summed E-state index contributed by atoms with van der Waals surface area (Å²) in [4.78, 5) is 15.4. The van der Waals surface area contributed by atoms with E-state index in [9.17, 15) is 4.79 Å². The van der Waals surface area contributed by atoms with Crippen molar-refractivity contribution in [1.82, 2.24) is 4.98 Å². The van der Waals surface area contributed by atoms with Crippen molar-refractivity contribution in [2.75, 3.05) is 11.9 Å². The third-order valence-corrected chi connectivity index (χ3v) is 2.65. The van der Waals surface area contributed by atoms with Gasteiger partial charge < -0.3 is 11.1 Å². The first kappa shape index (κ1) is 12.1. The van der Waals surface area contributed by atoms with Crippen LogP contribution in [0.25, 0.3) is 11.1 Å². The predicted molar refractivity (Wildman–Crippen MR) is 72.4 cm³/mol. The van der Waals surface area contributed by atoms with Crippen LogP contribution < -0.4 is 11.1 Å². The molecule has 0 aliphatic carbocycles. The second kappa shape index (κ2) is 5.31. The Labute approximate surface area is 106 Å². The highest BCUT2D eigenvalue weighted by Gasteiger charge is 2.09. The molecule has 0 saturated heterocycles. The molecule has 4 heteroatoms. The highest BCUT2D eigenvalue weighted by atomic mass is 16.1. The molecular formula is C14H15N3O. The molecule has 1 aromatic carbocycles. The molecule has 1 amide bonds. The summed E-state index contributed by atoms with van der Waals surface area (Å²) < 4.78 is 0. The average Bonchev–Trinajstić information content (AvgIpc) is 2.40. The monoisotopic (exact) mass is 241 g/mol. The van der Waals surface area contributed by atoms with E-state index in [2.05, 4.69) is 10.3 Å². The molecule has 0 atom stereocenters. The second-order valence-corrected chi connectivity index (χ2v) is 3.90. The van der Waals surface area contributed by atoms with E-state index in [1.54, 1.807) is 18.5 Å². The van der Waals surface area contributed by atoms with Crippen molar-refractivity contribution >= 4 is 11.6 Å². The molecule has 92 valence electrons. The molecule has 0 radical (unpaired) electrons. The third kappa shape index (κ3) is 2.48. The van der Waals surface area contributed by atoms with Gasteiger partial charge in [-0.15, -0.1) is 0 Å². The lowest BCUT2D eigenvalue weighted by Crippen LogP contribution is -2.14. The van der Waals surface area contributed by atoms with Gasteiger partial charge >= 0.3 is 0 Å². The number of hydrogen-bond acceptors (Lipinski definition) is 3. The Morgan fingerprint density at radius 2 is 2.17 bits per heavy atom. The minimum absolute atomic E-state index is 0.427. The van der Waals surface area contributed by atoms with Gasteiger partial charge in [0.2, 0.25) is 0 Å². The molecule has 2 aromatic rings. The second-order valence-electron chi connectivity index (χ2n) is 3.90. The highest BCUT2D eigenvalue weighted by molar-refractivity contribution is 5.99. The van der Waals surface area contributed by atoms with Gasteiger partial charge in [-0.3, -0.25) is 9.78 Å². The molecule has 3 N–H and O–H groups in total. The van der Waals surface area contributed by atoms with E-state index in [0.29, 0.717) is 5.56 Å². The normalized spacial score (nSPS) is 10.1. The number of primary amides is 1. The largest absolute Gasteiger partial charge is 0.385 e. The van der Waals surface area contributed by atoms with E-state index in [1.165, 1.54) is 0 Å². The average molecular weight is 241 g/mol. The zero-order valence-electron chi connectivity index (χ0n) is 10.2. The zero-order chi connectivity index (χ0) is 13.0. The molecule has 1 aromatic heterocycles. The summed E-state index contributed by atoms with van der Waals surface area (Å²) in [5, 5.41) is 3.15. The van der Waals surface area contributed by atoms with Crippen LogP contribution in [0.3, 0.4) is 0 Å². The van der Waals surface area contributed by atoms with E-state index in [-0.39, 0.29) is 0 Å². The van der Waals surface area contributed by atoms with Gasteiger partial charge in [-0.05, 0) is 30.7 Å². The van der Waals surface area contributed by atoms with Gasteiger partial charge in [-0.25, -0.2) is 0 Å². The van der Waals surface area contributed by atoms with Crippen LogP contribution in [-0.4, -0.2) is 17.4 Å². The number of amides is 1. The van der Waals surface area contributed by atoms with Gasteiger partial charge in [-0.1, -0.05) is 12.1 Å². The maximum Gasteiger partial charge on any atom is 0.250 e. The molecule has 18 heavy (non-hydrogen) atoms. The third-order valence-electron chi connectivity index (χ3n) is 2.65. The number of benzene rings is 1. The number of aromatic nitrogens is 1. The Hall–Kier alpha value is -2.36. The summed E-state index contributed by atoms with van der Waals surface area (Å²) in [7, 11) is 0. The van der Waals surface area contributed by atoms with Gasteiger partial charge in [0.25, 0.3) is 5.91 Å². The van der Waals surface area contributed by atoms with Crippen molar-refractivity contribution < 1.29 is 4.79 Å². The first-order chi connectivity index (χ1) is 8.72. The number of carbonyl (C=O) groups excluding carboxylic acids is 1. The molecule has 0 aliphatic heterocycles. The predicted octanol–water partition coefficient (Wildman–Crippen LogP) is 2.28. The number of nitrogens with two attached hydrogens (primary N) is 1. The summed E-state index contributed by atoms with van der Waals surface area (Å²) in [6.07, 6.45) is 3.52. The van der Waals surface area contributed by atoms with E-state index in [4.69, 9.17) is 5.73 Å². The number of nitrogens with zero attached hydrogens (tertiary/aromatic N) is 1. The van der Waals surface area contributed by atoms with Crippen LogP contribution in [0.2, 0.25) is 0 Å². The summed E-state index contributed by atoms with van der Waals surface area (Å²) in [6.45, 7) is 2.71.